The Kier molecular flexibility index (Phi) is 2.87. The van der Waals surface area contributed by atoms with Crippen LogP contribution in [0.15, 0.2) is 15.1 Å². The second kappa shape index (κ2) is 4.53. The largest absolute Gasteiger partial charge is 0.361 e. The predicted molar refractivity (Wildman–Crippen MR) is 62.7 cm³/mol. The first-order chi connectivity index (χ1) is 8.72. The summed E-state index contributed by atoms with van der Waals surface area (Å²) in [7, 11) is 0. The molecule has 0 amide bonds. The van der Waals surface area contributed by atoms with Gasteiger partial charge in [0.15, 0.2) is 5.82 Å². The second-order valence-corrected chi connectivity index (χ2v) is 4.73. The van der Waals surface area contributed by atoms with Crippen molar-refractivity contribution in [2.75, 3.05) is 6.54 Å². The summed E-state index contributed by atoms with van der Waals surface area (Å²) in [5, 5.41) is 8.05. The summed E-state index contributed by atoms with van der Waals surface area (Å²) in [6.45, 7) is 5.52. The molecular formula is C12H16N4O2. The molecular weight excluding hydrogens is 232 g/mol. The van der Waals surface area contributed by atoms with Crippen molar-refractivity contribution in [3.63, 3.8) is 0 Å². The number of nitrogens with zero attached hydrogens (tertiary/aromatic N) is 4. The maximum absolute atomic E-state index is 5.09. The molecule has 1 aliphatic rings. The van der Waals surface area contributed by atoms with Crippen LogP contribution < -0.4 is 0 Å². The van der Waals surface area contributed by atoms with E-state index >= 15 is 0 Å². The Morgan fingerprint density at radius 2 is 2.22 bits per heavy atom. The lowest BCUT2D eigenvalue weighted by Gasteiger charge is -2.20. The summed E-state index contributed by atoms with van der Waals surface area (Å²) in [6.07, 6.45) is 2.21. The summed E-state index contributed by atoms with van der Waals surface area (Å²) in [5.74, 6) is 2.25. The average molecular weight is 248 g/mol. The van der Waals surface area contributed by atoms with E-state index in [2.05, 4.69) is 20.2 Å². The minimum absolute atomic E-state index is 0.236. The van der Waals surface area contributed by atoms with E-state index in [-0.39, 0.29) is 6.04 Å². The Labute approximate surface area is 105 Å². The van der Waals surface area contributed by atoms with E-state index in [0.717, 1.165) is 43.2 Å². The number of hydrogen-bond acceptors (Lipinski definition) is 6. The lowest BCUT2D eigenvalue weighted by molar-refractivity contribution is 0.227. The van der Waals surface area contributed by atoms with Crippen molar-refractivity contribution in [2.24, 2.45) is 0 Å². The van der Waals surface area contributed by atoms with Crippen LogP contribution in [0.3, 0.4) is 0 Å². The number of aryl methyl sites for hydroxylation is 2. The van der Waals surface area contributed by atoms with Gasteiger partial charge in [0, 0.05) is 19.5 Å². The van der Waals surface area contributed by atoms with E-state index in [4.69, 9.17) is 9.05 Å². The molecule has 1 saturated heterocycles. The van der Waals surface area contributed by atoms with Crippen molar-refractivity contribution in [3.8, 4) is 0 Å². The van der Waals surface area contributed by atoms with Crippen molar-refractivity contribution in [2.45, 2.75) is 39.3 Å². The van der Waals surface area contributed by atoms with E-state index in [1.54, 1.807) is 0 Å². The first-order valence-corrected chi connectivity index (χ1v) is 6.19. The van der Waals surface area contributed by atoms with Crippen molar-refractivity contribution in [1.29, 1.82) is 0 Å². The van der Waals surface area contributed by atoms with Gasteiger partial charge in [-0.25, -0.2) is 0 Å². The molecule has 0 bridgehead atoms. The number of aromatic nitrogens is 3. The number of hydrogen-bond donors (Lipinski definition) is 0. The van der Waals surface area contributed by atoms with Crippen LogP contribution >= 0.6 is 0 Å². The predicted octanol–water partition coefficient (Wildman–Crippen LogP) is 2.01. The molecule has 0 aromatic carbocycles. The summed E-state index contributed by atoms with van der Waals surface area (Å²) in [6, 6.07) is 2.20. The standard InChI is InChI=1S/C12H16N4O2/c1-8-6-10(14-17-8)7-16-5-3-4-11(16)12-13-9(2)18-15-12/h6,11H,3-5,7H2,1-2H3/t11-/m0/s1. The first kappa shape index (κ1) is 11.4. The van der Waals surface area contributed by atoms with Gasteiger partial charge < -0.3 is 9.05 Å². The van der Waals surface area contributed by atoms with E-state index < -0.39 is 0 Å². The van der Waals surface area contributed by atoms with Gasteiger partial charge in [0.05, 0.1) is 11.7 Å². The Hall–Kier alpha value is -1.69. The molecule has 3 rings (SSSR count). The molecule has 0 saturated carbocycles. The van der Waals surface area contributed by atoms with Crippen LogP contribution in [0.2, 0.25) is 0 Å². The fourth-order valence-corrected chi connectivity index (χ4v) is 2.46. The van der Waals surface area contributed by atoms with Crippen LogP contribution in [0.1, 0.15) is 42.1 Å². The Morgan fingerprint density at radius 1 is 1.33 bits per heavy atom. The second-order valence-electron chi connectivity index (χ2n) is 4.73. The van der Waals surface area contributed by atoms with Crippen molar-refractivity contribution < 1.29 is 9.05 Å². The topological polar surface area (TPSA) is 68.2 Å². The smallest absolute Gasteiger partial charge is 0.223 e. The molecule has 18 heavy (non-hydrogen) atoms. The van der Waals surface area contributed by atoms with Crippen molar-refractivity contribution >= 4 is 0 Å². The molecule has 3 heterocycles. The zero-order valence-corrected chi connectivity index (χ0v) is 10.6. The van der Waals surface area contributed by atoms with Crippen LogP contribution in [-0.2, 0) is 6.54 Å². The molecule has 0 spiro atoms. The maximum atomic E-state index is 5.09. The van der Waals surface area contributed by atoms with E-state index in [1.165, 1.54) is 0 Å². The highest BCUT2D eigenvalue weighted by Crippen LogP contribution is 2.31. The third-order valence-electron chi connectivity index (χ3n) is 3.25. The molecule has 2 aromatic heterocycles. The first-order valence-electron chi connectivity index (χ1n) is 6.19. The summed E-state index contributed by atoms with van der Waals surface area (Å²) >= 11 is 0. The molecule has 6 nitrogen and oxygen atoms in total. The van der Waals surface area contributed by atoms with Gasteiger partial charge in [0.2, 0.25) is 5.89 Å². The Balaban J connectivity index is 1.75. The third kappa shape index (κ3) is 2.15. The highest BCUT2D eigenvalue weighted by molar-refractivity contribution is 5.06. The van der Waals surface area contributed by atoms with Crippen LogP contribution in [0.5, 0.6) is 0 Å². The molecule has 1 atom stereocenters. The maximum Gasteiger partial charge on any atom is 0.223 e. The molecule has 96 valence electrons. The van der Waals surface area contributed by atoms with E-state index in [0.29, 0.717) is 5.89 Å². The van der Waals surface area contributed by atoms with Gasteiger partial charge in [-0.05, 0) is 26.3 Å². The minimum atomic E-state index is 0.236. The fourth-order valence-electron chi connectivity index (χ4n) is 2.46. The zero-order valence-electron chi connectivity index (χ0n) is 10.6. The molecule has 2 aromatic rings. The minimum Gasteiger partial charge on any atom is -0.361 e. The molecule has 0 unspecified atom stereocenters. The summed E-state index contributed by atoms with van der Waals surface area (Å²) < 4.78 is 10.2. The molecule has 6 heteroatoms. The molecule has 0 radical (unpaired) electrons. The van der Waals surface area contributed by atoms with Crippen LogP contribution in [0.25, 0.3) is 0 Å². The quantitative estimate of drug-likeness (QED) is 0.827. The van der Waals surface area contributed by atoms with Crippen LogP contribution in [0.4, 0.5) is 0 Å². The molecule has 1 aliphatic heterocycles. The lowest BCUT2D eigenvalue weighted by Crippen LogP contribution is -2.23. The van der Waals surface area contributed by atoms with Gasteiger partial charge in [0.25, 0.3) is 0 Å². The van der Waals surface area contributed by atoms with Gasteiger partial charge in [-0.3, -0.25) is 4.90 Å². The molecule has 0 aliphatic carbocycles. The highest BCUT2D eigenvalue weighted by atomic mass is 16.5. The van der Waals surface area contributed by atoms with Crippen LogP contribution in [0, 0.1) is 13.8 Å². The van der Waals surface area contributed by atoms with Gasteiger partial charge in [0.1, 0.15) is 5.76 Å². The lowest BCUT2D eigenvalue weighted by atomic mass is 10.2. The highest BCUT2D eigenvalue weighted by Gasteiger charge is 2.30. The normalized spacial score (nSPS) is 20.7. The van der Waals surface area contributed by atoms with Crippen molar-refractivity contribution in [3.05, 3.63) is 29.2 Å². The molecule has 0 N–H and O–H groups in total. The number of likely N-dealkylation sites (tertiary alicyclic amines) is 1. The Morgan fingerprint density at radius 3 is 2.89 bits per heavy atom. The Bertz CT molecular complexity index is 534. The van der Waals surface area contributed by atoms with Gasteiger partial charge in [-0.2, -0.15) is 4.98 Å². The van der Waals surface area contributed by atoms with Crippen LogP contribution in [-0.4, -0.2) is 26.7 Å². The number of rotatable bonds is 3. The third-order valence-corrected chi connectivity index (χ3v) is 3.25. The monoisotopic (exact) mass is 248 g/mol. The average Bonchev–Trinajstić information content (AvgIpc) is 3.01. The molecule has 1 fully saturated rings. The zero-order chi connectivity index (χ0) is 12.5. The van der Waals surface area contributed by atoms with E-state index in [9.17, 15) is 0 Å². The summed E-state index contributed by atoms with van der Waals surface area (Å²) in [5.41, 5.74) is 0.958. The van der Waals surface area contributed by atoms with Crippen molar-refractivity contribution in [1.82, 2.24) is 20.2 Å². The van der Waals surface area contributed by atoms with Gasteiger partial charge in [-0.1, -0.05) is 10.3 Å². The van der Waals surface area contributed by atoms with Gasteiger partial charge >= 0.3 is 0 Å². The summed E-state index contributed by atoms with van der Waals surface area (Å²) in [4.78, 5) is 6.65. The van der Waals surface area contributed by atoms with Gasteiger partial charge in [-0.15, -0.1) is 0 Å². The SMILES string of the molecule is Cc1cc(CN2CCC[C@H]2c2noc(C)n2)no1. The van der Waals surface area contributed by atoms with E-state index in [1.807, 2.05) is 19.9 Å². The fraction of sp³-hybridized carbons (Fsp3) is 0.583.